The number of hydrogen-bond acceptors (Lipinski definition) is 6. The van der Waals surface area contributed by atoms with Crippen molar-refractivity contribution >= 4 is 16.8 Å². The summed E-state index contributed by atoms with van der Waals surface area (Å²) in [6, 6.07) is 13.0. The number of Topliss-reactive ketones (excluding diaryl/α,β-unsaturated/α-hetero) is 1. The number of ether oxygens (including phenoxy) is 2. The minimum Gasteiger partial charge on any atom is -0.495 e. The molecule has 0 saturated heterocycles. The highest BCUT2D eigenvalue weighted by Gasteiger charge is 2.21. The third-order valence-corrected chi connectivity index (χ3v) is 6.81. The zero-order chi connectivity index (χ0) is 29.3. The van der Waals surface area contributed by atoms with Crippen molar-refractivity contribution in [2.75, 3.05) is 7.11 Å². The highest BCUT2D eigenvalue weighted by Crippen LogP contribution is 2.31. The van der Waals surface area contributed by atoms with Gasteiger partial charge >= 0.3 is 0 Å². The Hall–Kier alpha value is -4.92. The van der Waals surface area contributed by atoms with Gasteiger partial charge in [0.25, 0.3) is 0 Å². The quantitative estimate of drug-likeness (QED) is 0.195. The van der Waals surface area contributed by atoms with E-state index in [0.29, 0.717) is 44.9 Å². The number of rotatable bonds is 8. The number of ketones is 1. The van der Waals surface area contributed by atoms with Crippen LogP contribution in [0.1, 0.15) is 41.5 Å². The number of halogens is 2. The SMILES string of the molecule is COc1cnc2c(Oc3ccc(CC(=O)c4cn(C(C)C)c(C)c(-c5ccc(F)cc5)c4=O)cc3F)ccnc2c1. The molecule has 9 heteroatoms. The number of benzene rings is 2. The van der Waals surface area contributed by atoms with E-state index in [0.717, 1.165) is 0 Å². The maximum absolute atomic E-state index is 15.1. The van der Waals surface area contributed by atoms with Gasteiger partial charge in [0.15, 0.2) is 28.5 Å². The molecule has 5 aromatic rings. The average Bonchev–Trinajstić information content (AvgIpc) is 2.95. The molecule has 0 bridgehead atoms. The number of methoxy groups -OCH3 is 1. The fraction of sp³-hybridized carbons (Fsp3) is 0.188. The molecule has 0 aliphatic heterocycles. The van der Waals surface area contributed by atoms with Crippen LogP contribution >= 0.6 is 0 Å². The van der Waals surface area contributed by atoms with Gasteiger partial charge in [-0.1, -0.05) is 18.2 Å². The molecule has 0 saturated carbocycles. The molecule has 0 amide bonds. The Morgan fingerprint density at radius 1 is 1.00 bits per heavy atom. The number of pyridine rings is 3. The van der Waals surface area contributed by atoms with Crippen LogP contribution < -0.4 is 14.9 Å². The zero-order valence-corrected chi connectivity index (χ0v) is 22.9. The average molecular weight is 556 g/mol. The van der Waals surface area contributed by atoms with Crippen LogP contribution in [0.5, 0.6) is 17.2 Å². The molecule has 0 aliphatic rings. The summed E-state index contributed by atoms with van der Waals surface area (Å²) in [5.74, 6) is -0.778. The zero-order valence-electron chi connectivity index (χ0n) is 22.9. The molecular weight excluding hydrogens is 528 g/mol. The Labute approximate surface area is 235 Å². The third-order valence-electron chi connectivity index (χ3n) is 6.81. The van der Waals surface area contributed by atoms with Crippen molar-refractivity contribution in [3.05, 3.63) is 112 Å². The van der Waals surface area contributed by atoms with E-state index in [1.165, 1.54) is 55.9 Å². The topological polar surface area (TPSA) is 83.3 Å². The monoisotopic (exact) mass is 555 g/mol. The van der Waals surface area contributed by atoms with Gasteiger partial charge in [0.2, 0.25) is 0 Å². The van der Waals surface area contributed by atoms with Crippen LogP contribution in [0.4, 0.5) is 8.78 Å². The van der Waals surface area contributed by atoms with Crippen LogP contribution in [-0.2, 0) is 6.42 Å². The molecule has 0 atom stereocenters. The summed E-state index contributed by atoms with van der Waals surface area (Å²) in [7, 11) is 1.52. The van der Waals surface area contributed by atoms with Crippen LogP contribution in [0.3, 0.4) is 0 Å². The van der Waals surface area contributed by atoms with Gasteiger partial charge in [-0.2, -0.15) is 0 Å². The molecule has 0 radical (unpaired) electrons. The largest absolute Gasteiger partial charge is 0.495 e. The van der Waals surface area contributed by atoms with E-state index in [9.17, 15) is 14.0 Å². The van der Waals surface area contributed by atoms with E-state index >= 15 is 4.39 Å². The summed E-state index contributed by atoms with van der Waals surface area (Å²) in [4.78, 5) is 35.5. The molecule has 3 aromatic heterocycles. The van der Waals surface area contributed by atoms with Gasteiger partial charge in [-0.15, -0.1) is 0 Å². The van der Waals surface area contributed by atoms with Crippen molar-refractivity contribution in [3.8, 4) is 28.4 Å². The lowest BCUT2D eigenvalue weighted by Gasteiger charge is -2.20. The predicted molar refractivity (Wildman–Crippen MR) is 152 cm³/mol. The fourth-order valence-corrected chi connectivity index (χ4v) is 4.73. The Kier molecular flexibility index (Phi) is 7.61. The molecule has 3 heterocycles. The molecule has 208 valence electrons. The van der Waals surface area contributed by atoms with E-state index < -0.39 is 22.8 Å². The lowest BCUT2D eigenvalue weighted by atomic mass is 9.97. The van der Waals surface area contributed by atoms with Crippen LogP contribution in [0.25, 0.3) is 22.2 Å². The second-order valence-electron chi connectivity index (χ2n) is 9.86. The van der Waals surface area contributed by atoms with Crippen molar-refractivity contribution in [1.82, 2.24) is 14.5 Å². The van der Waals surface area contributed by atoms with Gasteiger partial charge in [-0.25, -0.2) is 13.8 Å². The first-order valence-corrected chi connectivity index (χ1v) is 13.0. The van der Waals surface area contributed by atoms with Crippen LogP contribution in [0.15, 0.2) is 78.0 Å². The van der Waals surface area contributed by atoms with Gasteiger partial charge in [-0.3, -0.25) is 14.6 Å². The van der Waals surface area contributed by atoms with Crippen LogP contribution in [-0.4, -0.2) is 27.4 Å². The molecule has 0 spiro atoms. The lowest BCUT2D eigenvalue weighted by molar-refractivity contribution is 0.0991. The first-order valence-electron chi connectivity index (χ1n) is 13.0. The maximum Gasteiger partial charge on any atom is 0.200 e. The maximum atomic E-state index is 15.1. The standard InChI is InChI=1S/C32H27F2N3O4/c1-18(2)37-17-24(32(39)30(19(37)3)21-6-8-22(33)9-7-21)27(38)14-20-5-10-28(25(34)13-20)41-29-11-12-35-26-15-23(40-4)16-36-31(26)29/h5-13,15-18H,14H2,1-4H3. The van der Waals surface area contributed by atoms with E-state index in [1.807, 2.05) is 18.4 Å². The van der Waals surface area contributed by atoms with Crippen molar-refractivity contribution in [2.45, 2.75) is 33.2 Å². The van der Waals surface area contributed by atoms with Crippen molar-refractivity contribution in [2.24, 2.45) is 0 Å². The van der Waals surface area contributed by atoms with Crippen LogP contribution in [0, 0.1) is 18.6 Å². The molecule has 5 rings (SSSR count). The molecule has 2 aromatic carbocycles. The lowest BCUT2D eigenvalue weighted by Crippen LogP contribution is -2.24. The van der Waals surface area contributed by atoms with Crippen molar-refractivity contribution in [1.29, 1.82) is 0 Å². The van der Waals surface area contributed by atoms with E-state index in [1.54, 1.807) is 31.3 Å². The summed E-state index contributed by atoms with van der Waals surface area (Å²) in [5.41, 5.74) is 2.37. The summed E-state index contributed by atoms with van der Waals surface area (Å²) in [6.45, 7) is 5.67. The van der Waals surface area contributed by atoms with Gasteiger partial charge in [-0.05, 0) is 56.2 Å². The van der Waals surface area contributed by atoms with E-state index in [4.69, 9.17) is 9.47 Å². The number of fused-ring (bicyclic) bond motifs is 1. The van der Waals surface area contributed by atoms with Gasteiger partial charge in [0, 0.05) is 48.2 Å². The minimum atomic E-state index is -0.677. The van der Waals surface area contributed by atoms with Crippen LogP contribution in [0.2, 0.25) is 0 Å². The highest BCUT2D eigenvalue weighted by atomic mass is 19.1. The fourth-order valence-electron chi connectivity index (χ4n) is 4.73. The number of hydrogen-bond donors (Lipinski definition) is 0. The molecule has 7 nitrogen and oxygen atoms in total. The van der Waals surface area contributed by atoms with Gasteiger partial charge < -0.3 is 14.0 Å². The second kappa shape index (κ2) is 11.3. The Morgan fingerprint density at radius 2 is 1.76 bits per heavy atom. The molecule has 0 fully saturated rings. The molecule has 0 unspecified atom stereocenters. The normalized spacial score (nSPS) is 11.2. The summed E-state index contributed by atoms with van der Waals surface area (Å²) in [6.07, 6.45) is 4.38. The first-order chi connectivity index (χ1) is 19.7. The Balaban J connectivity index is 1.44. The molecule has 41 heavy (non-hydrogen) atoms. The third kappa shape index (κ3) is 5.56. The number of nitrogens with zero attached hydrogens (tertiary/aromatic N) is 3. The summed E-state index contributed by atoms with van der Waals surface area (Å²) < 4.78 is 41.5. The minimum absolute atomic E-state index is 0.0193. The number of aromatic nitrogens is 3. The Morgan fingerprint density at radius 3 is 2.44 bits per heavy atom. The van der Waals surface area contributed by atoms with Crippen molar-refractivity contribution < 1.29 is 23.0 Å². The first kappa shape index (κ1) is 27.6. The highest BCUT2D eigenvalue weighted by molar-refractivity contribution is 5.98. The number of carbonyl (C=O) groups excluding carboxylic acids is 1. The van der Waals surface area contributed by atoms with Gasteiger partial charge in [0.1, 0.15) is 17.1 Å². The molecular formula is C32H27F2N3O4. The van der Waals surface area contributed by atoms with Crippen molar-refractivity contribution in [3.63, 3.8) is 0 Å². The molecule has 0 N–H and O–H groups in total. The van der Waals surface area contributed by atoms with E-state index in [-0.39, 0.29) is 23.8 Å². The Bertz CT molecular complexity index is 1830. The predicted octanol–water partition coefficient (Wildman–Crippen LogP) is 6.85. The smallest absolute Gasteiger partial charge is 0.200 e. The van der Waals surface area contributed by atoms with E-state index in [2.05, 4.69) is 9.97 Å². The summed E-state index contributed by atoms with van der Waals surface area (Å²) >= 11 is 0. The second-order valence-corrected chi connectivity index (χ2v) is 9.86. The summed E-state index contributed by atoms with van der Waals surface area (Å²) in [5, 5.41) is 0. The molecule has 0 aliphatic carbocycles. The van der Waals surface area contributed by atoms with Gasteiger partial charge in [0.05, 0.1) is 24.4 Å². The number of carbonyl (C=O) groups is 1.